The fraction of sp³-hybridized carbons (Fsp3) is 0.484. The van der Waals surface area contributed by atoms with Crippen LogP contribution in [0.2, 0.25) is 0 Å². The number of benzene rings is 2. The molecule has 14 nitrogen and oxygen atoms in total. The van der Waals surface area contributed by atoms with Gasteiger partial charge in [0.15, 0.2) is 47.6 Å². The first-order chi connectivity index (χ1) is 21.5. The molecule has 2 aromatic carbocycles. The van der Waals surface area contributed by atoms with Crippen LogP contribution in [0.1, 0.15) is 39.4 Å². The fourth-order valence-corrected chi connectivity index (χ4v) is 4.65. The molecule has 45 heavy (non-hydrogen) atoms. The second-order valence-electron chi connectivity index (χ2n) is 9.79. The van der Waals surface area contributed by atoms with Gasteiger partial charge in [-0.25, -0.2) is 0 Å². The van der Waals surface area contributed by atoms with E-state index in [9.17, 15) is 19.2 Å². The first kappa shape index (κ1) is 35.1. The Hall–Kier alpha value is -4.40. The van der Waals surface area contributed by atoms with Crippen LogP contribution in [-0.4, -0.2) is 89.1 Å². The lowest BCUT2D eigenvalue weighted by Crippen LogP contribution is -2.42. The highest BCUT2D eigenvalue weighted by Gasteiger charge is 2.50. The van der Waals surface area contributed by atoms with Crippen molar-refractivity contribution in [2.24, 2.45) is 0 Å². The molecule has 3 rings (SSSR count). The predicted octanol–water partition coefficient (Wildman–Crippen LogP) is 2.93. The van der Waals surface area contributed by atoms with Crippen LogP contribution < -0.4 is 18.9 Å². The van der Waals surface area contributed by atoms with Crippen molar-refractivity contribution in [2.75, 3.05) is 34.5 Å². The standard InChI is InChI=1S/C31H38O14/c1-17(32)39-15-26(44-23-11-9-8-10-22(23)36-5)28(21-12-13-24(41-18(2)33)25(14-21)37-6)40-16-27-29(42-19(3)34)30(43-20(4)35)31(38-7)45-27/h8-14,26-31H,15-16H2,1-7H3/t26-,27-,28-,29-,30+,31+/m0/s1. The Balaban J connectivity index is 2.05. The predicted molar refractivity (Wildman–Crippen MR) is 154 cm³/mol. The van der Waals surface area contributed by atoms with Crippen LogP contribution in [0.4, 0.5) is 0 Å². The largest absolute Gasteiger partial charge is 0.493 e. The summed E-state index contributed by atoms with van der Waals surface area (Å²) in [5.74, 6) is -1.27. The molecule has 0 aliphatic carbocycles. The first-order valence-corrected chi connectivity index (χ1v) is 13.9. The average molecular weight is 635 g/mol. The van der Waals surface area contributed by atoms with Crippen molar-refractivity contribution in [3.05, 3.63) is 48.0 Å². The average Bonchev–Trinajstić information content (AvgIpc) is 3.30. The number of para-hydroxylation sites is 2. The van der Waals surface area contributed by atoms with Gasteiger partial charge in [0.2, 0.25) is 0 Å². The Labute approximate surface area is 260 Å². The molecule has 1 fully saturated rings. The van der Waals surface area contributed by atoms with Crippen molar-refractivity contribution >= 4 is 23.9 Å². The number of esters is 4. The van der Waals surface area contributed by atoms with Crippen LogP contribution in [0.25, 0.3) is 0 Å². The molecule has 1 aliphatic heterocycles. The number of carbonyl (C=O) groups is 4. The van der Waals surface area contributed by atoms with Gasteiger partial charge in [0.1, 0.15) is 18.8 Å². The van der Waals surface area contributed by atoms with Gasteiger partial charge >= 0.3 is 23.9 Å². The number of carbonyl (C=O) groups excluding carboxylic acids is 4. The van der Waals surface area contributed by atoms with Crippen LogP contribution in [0.3, 0.4) is 0 Å². The van der Waals surface area contributed by atoms with Gasteiger partial charge in [-0.2, -0.15) is 0 Å². The summed E-state index contributed by atoms with van der Waals surface area (Å²) in [4.78, 5) is 47.4. The molecule has 246 valence electrons. The SMILES string of the molecule is COc1cc([C@H](OC[C@@H]2O[C@@H](OC)[C@H](OC(C)=O)[C@H]2OC(C)=O)[C@H](COC(C)=O)Oc2ccccc2OC)ccc1OC(C)=O. The lowest BCUT2D eigenvalue weighted by atomic mass is 10.0. The van der Waals surface area contributed by atoms with Crippen molar-refractivity contribution in [2.45, 2.75) is 64.5 Å². The minimum Gasteiger partial charge on any atom is -0.493 e. The van der Waals surface area contributed by atoms with Crippen LogP contribution in [-0.2, 0) is 47.6 Å². The van der Waals surface area contributed by atoms with Gasteiger partial charge < -0.3 is 47.4 Å². The third kappa shape index (κ3) is 9.80. The normalized spacial score (nSPS) is 20.3. The van der Waals surface area contributed by atoms with Crippen LogP contribution >= 0.6 is 0 Å². The van der Waals surface area contributed by atoms with Gasteiger partial charge in [-0.05, 0) is 29.8 Å². The minimum absolute atomic E-state index is 0.163. The maximum Gasteiger partial charge on any atom is 0.308 e. The molecule has 0 amide bonds. The van der Waals surface area contributed by atoms with E-state index in [0.29, 0.717) is 17.1 Å². The number of ether oxygens (including phenoxy) is 10. The highest BCUT2D eigenvalue weighted by atomic mass is 16.7. The van der Waals surface area contributed by atoms with E-state index < -0.39 is 60.7 Å². The molecule has 0 aromatic heterocycles. The molecule has 1 heterocycles. The van der Waals surface area contributed by atoms with Gasteiger partial charge in [-0.3, -0.25) is 19.2 Å². The van der Waals surface area contributed by atoms with Crippen molar-refractivity contribution in [1.82, 2.24) is 0 Å². The summed E-state index contributed by atoms with van der Waals surface area (Å²) >= 11 is 0. The van der Waals surface area contributed by atoms with Crippen molar-refractivity contribution in [1.29, 1.82) is 0 Å². The highest BCUT2D eigenvalue weighted by Crippen LogP contribution is 2.37. The molecule has 0 N–H and O–H groups in total. The van der Waals surface area contributed by atoms with Crippen molar-refractivity contribution in [3.63, 3.8) is 0 Å². The Morgan fingerprint density at radius 3 is 1.98 bits per heavy atom. The van der Waals surface area contributed by atoms with Gasteiger partial charge in [0, 0.05) is 34.8 Å². The van der Waals surface area contributed by atoms with Gasteiger partial charge in [0.05, 0.1) is 20.8 Å². The molecule has 14 heteroatoms. The van der Waals surface area contributed by atoms with Gasteiger partial charge in [-0.15, -0.1) is 0 Å². The van der Waals surface area contributed by atoms with Crippen LogP contribution in [0, 0.1) is 0 Å². The zero-order chi connectivity index (χ0) is 33.1. The van der Waals surface area contributed by atoms with E-state index in [2.05, 4.69) is 0 Å². The maximum absolute atomic E-state index is 12.0. The molecule has 1 saturated heterocycles. The maximum atomic E-state index is 12.0. The Morgan fingerprint density at radius 2 is 1.40 bits per heavy atom. The second kappa shape index (κ2) is 16.6. The van der Waals surface area contributed by atoms with Gasteiger partial charge in [-0.1, -0.05) is 18.2 Å². The van der Waals surface area contributed by atoms with E-state index in [0.717, 1.165) is 0 Å². The number of hydrogen-bond acceptors (Lipinski definition) is 14. The van der Waals surface area contributed by atoms with E-state index in [4.69, 9.17) is 47.4 Å². The van der Waals surface area contributed by atoms with E-state index in [-0.39, 0.29) is 24.7 Å². The number of hydrogen-bond donors (Lipinski definition) is 0. The van der Waals surface area contributed by atoms with Gasteiger partial charge in [0.25, 0.3) is 0 Å². The Morgan fingerprint density at radius 1 is 0.756 bits per heavy atom. The molecule has 0 unspecified atom stereocenters. The summed E-state index contributed by atoms with van der Waals surface area (Å²) in [5.41, 5.74) is 0.469. The second-order valence-corrected chi connectivity index (χ2v) is 9.79. The molecule has 1 aliphatic rings. The molecule has 0 saturated carbocycles. The van der Waals surface area contributed by atoms with Crippen LogP contribution in [0.5, 0.6) is 23.0 Å². The van der Waals surface area contributed by atoms with E-state index in [1.165, 1.54) is 55.1 Å². The molecular formula is C31H38O14. The number of rotatable bonds is 15. The summed E-state index contributed by atoms with van der Waals surface area (Å²) in [7, 11) is 4.24. The summed E-state index contributed by atoms with van der Waals surface area (Å²) in [5, 5.41) is 0. The van der Waals surface area contributed by atoms with E-state index in [1.807, 2.05) is 0 Å². The van der Waals surface area contributed by atoms with E-state index in [1.54, 1.807) is 36.4 Å². The highest BCUT2D eigenvalue weighted by molar-refractivity contribution is 5.70. The topological polar surface area (TPSA) is 161 Å². The lowest BCUT2D eigenvalue weighted by Gasteiger charge is -2.30. The Bertz CT molecular complexity index is 1330. The summed E-state index contributed by atoms with van der Waals surface area (Å²) in [6, 6.07) is 11.6. The minimum atomic E-state index is -1.08. The molecule has 6 atom stereocenters. The van der Waals surface area contributed by atoms with Crippen molar-refractivity contribution in [3.8, 4) is 23.0 Å². The van der Waals surface area contributed by atoms with Crippen molar-refractivity contribution < 1.29 is 66.5 Å². The quantitative estimate of drug-likeness (QED) is 0.160. The smallest absolute Gasteiger partial charge is 0.308 e. The summed E-state index contributed by atoms with van der Waals surface area (Å²) in [6.45, 7) is 4.43. The zero-order valence-corrected chi connectivity index (χ0v) is 26.1. The van der Waals surface area contributed by atoms with E-state index >= 15 is 0 Å². The monoisotopic (exact) mass is 634 g/mol. The summed E-state index contributed by atoms with van der Waals surface area (Å²) < 4.78 is 56.4. The zero-order valence-electron chi connectivity index (χ0n) is 26.1. The molecule has 0 spiro atoms. The molecule has 0 radical (unpaired) electrons. The fourth-order valence-electron chi connectivity index (χ4n) is 4.65. The van der Waals surface area contributed by atoms with Crippen LogP contribution in [0.15, 0.2) is 42.5 Å². The molecule has 0 bridgehead atoms. The first-order valence-electron chi connectivity index (χ1n) is 13.9. The third-order valence-corrected chi connectivity index (χ3v) is 6.45. The summed E-state index contributed by atoms with van der Waals surface area (Å²) in [6.07, 6.45) is -6.19. The molecular weight excluding hydrogens is 596 g/mol. The number of methoxy groups -OCH3 is 3. The lowest BCUT2D eigenvalue weighted by molar-refractivity contribution is -0.182. The Kier molecular flexibility index (Phi) is 12.9. The molecule has 2 aromatic rings. The third-order valence-electron chi connectivity index (χ3n) is 6.45.